The number of benzene rings is 1. The monoisotopic (exact) mass is 371 g/mol. The lowest BCUT2D eigenvalue weighted by molar-refractivity contribution is -0.119. The van der Waals surface area contributed by atoms with Crippen LogP contribution in [0.15, 0.2) is 40.4 Å². The quantitative estimate of drug-likeness (QED) is 0.818. The summed E-state index contributed by atoms with van der Waals surface area (Å²) in [6.07, 6.45) is 9.00. The van der Waals surface area contributed by atoms with Gasteiger partial charge in [0.25, 0.3) is 5.56 Å². The third kappa shape index (κ3) is 4.55. The minimum atomic E-state index is -0.189. The number of hydrogen-bond acceptors (Lipinski definition) is 4. The van der Waals surface area contributed by atoms with E-state index in [1.165, 1.54) is 36.6 Å². The van der Waals surface area contributed by atoms with E-state index in [4.69, 9.17) is 0 Å². The average Bonchev–Trinajstić information content (AvgIpc) is 2.64. The number of rotatable bonds is 5. The molecule has 1 amide bonds. The van der Waals surface area contributed by atoms with Crippen molar-refractivity contribution >= 4 is 17.7 Å². The van der Waals surface area contributed by atoms with Crippen molar-refractivity contribution in [2.75, 3.05) is 5.75 Å². The second-order valence-corrected chi connectivity index (χ2v) is 7.83. The van der Waals surface area contributed by atoms with Gasteiger partial charge >= 0.3 is 0 Å². The molecular weight excluding hydrogens is 346 g/mol. The zero-order valence-electron chi connectivity index (χ0n) is 15.3. The highest BCUT2D eigenvalue weighted by atomic mass is 32.2. The topological polar surface area (TPSA) is 64.0 Å². The third-order valence-corrected chi connectivity index (χ3v) is 5.85. The fourth-order valence-electron chi connectivity index (χ4n) is 3.22. The van der Waals surface area contributed by atoms with Gasteiger partial charge in [-0.1, -0.05) is 37.1 Å². The minimum Gasteiger partial charge on any atom is -0.353 e. The lowest BCUT2D eigenvalue weighted by atomic mass is 9.95. The number of nitrogens with one attached hydrogen (secondary N) is 1. The predicted molar refractivity (Wildman–Crippen MR) is 105 cm³/mol. The van der Waals surface area contributed by atoms with Crippen molar-refractivity contribution in [2.24, 2.45) is 0 Å². The molecule has 26 heavy (non-hydrogen) atoms. The Balaban J connectivity index is 1.68. The van der Waals surface area contributed by atoms with Crippen molar-refractivity contribution < 1.29 is 4.79 Å². The molecule has 0 radical (unpaired) electrons. The Labute approximate surface area is 158 Å². The molecule has 0 unspecified atom stereocenters. The molecule has 1 heterocycles. The van der Waals surface area contributed by atoms with Crippen molar-refractivity contribution in [3.63, 3.8) is 0 Å². The fraction of sp³-hybridized carbons (Fsp3) is 0.450. The number of thioether (sulfide) groups is 1. The molecule has 1 aromatic heterocycles. The Kier molecular flexibility index (Phi) is 6.14. The first kappa shape index (κ1) is 18.7. The zero-order valence-corrected chi connectivity index (χ0v) is 16.1. The molecule has 3 rings (SSSR count). The van der Waals surface area contributed by atoms with E-state index >= 15 is 0 Å². The molecule has 0 aliphatic heterocycles. The van der Waals surface area contributed by atoms with E-state index in [0.29, 0.717) is 5.03 Å². The van der Waals surface area contributed by atoms with Gasteiger partial charge in [-0.05, 0) is 49.9 Å². The van der Waals surface area contributed by atoms with Gasteiger partial charge < -0.3 is 5.32 Å². The van der Waals surface area contributed by atoms with Crippen LogP contribution in [0.25, 0.3) is 5.69 Å². The van der Waals surface area contributed by atoms with Gasteiger partial charge in [-0.15, -0.1) is 0 Å². The SMILES string of the molecule is Cc1ccc(-n2ccnc(SCC(=O)NC3CCCCC3)c2=O)cc1C. The number of amides is 1. The molecular formula is C20H25N3O2S. The van der Waals surface area contributed by atoms with Gasteiger partial charge in [0.1, 0.15) is 0 Å². The van der Waals surface area contributed by atoms with Crippen LogP contribution in [-0.4, -0.2) is 27.3 Å². The summed E-state index contributed by atoms with van der Waals surface area (Å²) in [6.45, 7) is 4.07. The summed E-state index contributed by atoms with van der Waals surface area (Å²) in [6, 6.07) is 6.20. The lowest BCUT2D eigenvalue weighted by Gasteiger charge is -2.22. The van der Waals surface area contributed by atoms with Crippen molar-refractivity contribution in [3.05, 3.63) is 52.1 Å². The molecule has 1 N–H and O–H groups in total. The van der Waals surface area contributed by atoms with E-state index in [9.17, 15) is 9.59 Å². The van der Waals surface area contributed by atoms with Crippen LogP contribution >= 0.6 is 11.8 Å². The molecule has 6 heteroatoms. The number of carbonyl (C=O) groups excluding carboxylic acids is 1. The summed E-state index contributed by atoms with van der Waals surface area (Å²) in [5.41, 5.74) is 2.94. The second kappa shape index (κ2) is 8.54. The van der Waals surface area contributed by atoms with Crippen molar-refractivity contribution in [1.82, 2.24) is 14.9 Å². The molecule has 138 valence electrons. The molecule has 2 aromatic rings. The number of aryl methyl sites for hydroxylation is 2. The van der Waals surface area contributed by atoms with Gasteiger partial charge in [0.2, 0.25) is 5.91 Å². The van der Waals surface area contributed by atoms with Gasteiger partial charge in [-0.3, -0.25) is 14.2 Å². The van der Waals surface area contributed by atoms with Crippen LogP contribution in [0.4, 0.5) is 0 Å². The molecule has 0 atom stereocenters. The van der Waals surface area contributed by atoms with Crippen LogP contribution in [0.2, 0.25) is 0 Å². The third-order valence-electron chi connectivity index (χ3n) is 4.89. The van der Waals surface area contributed by atoms with Gasteiger partial charge in [-0.25, -0.2) is 4.98 Å². The molecule has 0 saturated heterocycles. The summed E-state index contributed by atoms with van der Waals surface area (Å²) >= 11 is 1.20. The Morgan fingerprint density at radius 3 is 2.73 bits per heavy atom. The van der Waals surface area contributed by atoms with Crippen LogP contribution in [0, 0.1) is 13.8 Å². The maximum absolute atomic E-state index is 12.7. The number of hydrogen-bond donors (Lipinski definition) is 1. The second-order valence-electron chi connectivity index (χ2n) is 6.87. The first-order valence-corrected chi connectivity index (χ1v) is 10.1. The summed E-state index contributed by atoms with van der Waals surface area (Å²) in [7, 11) is 0. The molecule has 0 spiro atoms. The minimum absolute atomic E-state index is 0.0234. The van der Waals surface area contributed by atoms with Crippen LogP contribution in [0.5, 0.6) is 0 Å². The number of nitrogens with zero attached hydrogens (tertiary/aromatic N) is 2. The summed E-state index contributed by atoms with van der Waals surface area (Å²) in [4.78, 5) is 29.1. The standard InChI is InChI=1S/C20H25N3O2S/c1-14-8-9-17(12-15(14)2)23-11-10-21-19(20(23)25)26-13-18(24)22-16-6-4-3-5-7-16/h8-12,16H,3-7,13H2,1-2H3,(H,22,24). The number of carbonyl (C=O) groups is 1. The highest BCUT2D eigenvalue weighted by molar-refractivity contribution is 7.99. The van der Waals surface area contributed by atoms with E-state index in [0.717, 1.165) is 24.1 Å². The lowest BCUT2D eigenvalue weighted by Crippen LogP contribution is -2.37. The van der Waals surface area contributed by atoms with Crippen molar-refractivity contribution in [3.8, 4) is 5.69 Å². The largest absolute Gasteiger partial charge is 0.353 e. The van der Waals surface area contributed by atoms with Gasteiger partial charge in [0.05, 0.1) is 5.75 Å². The highest BCUT2D eigenvalue weighted by Crippen LogP contribution is 2.18. The summed E-state index contributed by atoms with van der Waals surface area (Å²) < 4.78 is 1.58. The smallest absolute Gasteiger partial charge is 0.287 e. The molecule has 1 aliphatic carbocycles. The Morgan fingerprint density at radius 2 is 2.00 bits per heavy atom. The first-order chi connectivity index (χ1) is 12.5. The zero-order chi connectivity index (χ0) is 18.5. The summed E-state index contributed by atoms with van der Waals surface area (Å²) in [5, 5.41) is 3.42. The highest BCUT2D eigenvalue weighted by Gasteiger charge is 2.16. The molecule has 1 saturated carbocycles. The van der Waals surface area contributed by atoms with E-state index in [1.807, 2.05) is 32.0 Å². The maximum Gasteiger partial charge on any atom is 0.287 e. The molecule has 1 aliphatic rings. The normalized spacial score (nSPS) is 15.0. The Morgan fingerprint density at radius 1 is 1.23 bits per heavy atom. The summed E-state index contributed by atoms with van der Waals surface area (Å²) in [5.74, 6) is 0.194. The molecule has 5 nitrogen and oxygen atoms in total. The van der Waals surface area contributed by atoms with Crippen LogP contribution in [-0.2, 0) is 4.79 Å². The molecule has 1 aromatic carbocycles. The predicted octanol–water partition coefficient (Wildman–Crippen LogP) is 3.39. The van der Waals surface area contributed by atoms with E-state index in [2.05, 4.69) is 10.3 Å². The van der Waals surface area contributed by atoms with Crippen molar-refractivity contribution in [2.45, 2.75) is 57.0 Å². The fourth-order valence-corrected chi connectivity index (χ4v) is 3.93. The Hall–Kier alpha value is -2.08. The average molecular weight is 372 g/mol. The van der Waals surface area contributed by atoms with E-state index in [-0.39, 0.29) is 23.3 Å². The molecule has 1 fully saturated rings. The molecule has 0 bridgehead atoms. The Bertz CT molecular complexity index is 841. The van der Waals surface area contributed by atoms with E-state index in [1.54, 1.807) is 17.0 Å². The maximum atomic E-state index is 12.7. The van der Waals surface area contributed by atoms with Gasteiger partial charge in [0.15, 0.2) is 5.03 Å². The van der Waals surface area contributed by atoms with E-state index < -0.39 is 0 Å². The number of aromatic nitrogens is 2. The van der Waals surface area contributed by atoms with Crippen LogP contribution in [0.3, 0.4) is 0 Å². The first-order valence-electron chi connectivity index (χ1n) is 9.12. The van der Waals surface area contributed by atoms with Crippen LogP contribution in [0.1, 0.15) is 43.2 Å². The van der Waals surface area contributed by atoms with Gasteiger partial charge in [0, 0.05) is 24.1 Å². The van der Waals surface area contributed by atoms with Gasteiger partial charge in [-0.2, -0.15) is 0 Å². The van der Waals surface area contributed by atoms with Crippen molar-refractivity contribution in [1.29, 1.82) is 0 Å². The van der Waals surface area contributed by atoms with Crippen LogP contribution < -0.4 is 10.9 Å².